The molecule has 0 fully saturated rings. The SMILES string of the molecule is Cc1ccc2c(c1)C(c1ccccc1)=CC(C)(C)O2. The number of hydrogen-bond donors (Lipinski definition) is 0. The molecule has 1 heteroatoms. The van der Waals surface area contributed by atoms with Crippen LogP contribution in [0.1, 0.15) is 30.5 Å². The predicted molar refractivity (Wildman–Crippen MR) is 79.4 cm³/mol. The van der Waals surface area contributed by atoms with Crippen molar-refractivity contribution < 1.29 is 4.74 Å². The predicted octanol–water partition coefficient (Wildman–Crippen LogP) is 4.60. The highest BCUT2D eigenvalue weighted by Gasteiger charge is 2.26. The minimum atomic E-state index is -0.270. The molecule has 1 nitrogen and oxygen atoms in total. The van der Waals surface area contributed by atoms with Gasteiger partial charge in [0, 0.05) is 5.56 Å². The molecule has 0 aliphatic carbocycles. The highest BCUT2D eigenvalue weighted by molar-refractivity contribution is 5.84. The summed E-state index contributed by atoms with van der Waals surface area (Å²) in [6.07, 6.45) is 2.21. The van der Waals surface area contributed by atoms with Crippen LogP contribution in [0.25, 0.3) is 5.57 Å². The van der Waals surface area contributed by atoms with E-state index in [9.17, 15) is 0 Å². The second-order valence-corrected chi connectivity index (χ2v) is 5.63. The van der Waals surface area contributed by atoms with Gasteiger partial charge in [-0.15, -0.1) is 0 Å². The van der Waals surface area contributed by atoms with E-state index in [0.717, 1.165) is 5.75 Å². The molecule has 0 bridgehead atoms. The molecule has 0 saturated carbocycles. The smallest absolute Gasteiger partial charge is 0.128 e. The van der Waals surface area contributed by atoms with Crippen molar-refractivity contribution in [2.45, 2.75) is 26.4 Å². The van der Waals surface area contributed by atoms with Gasteiger partial charge in [-0.3, -0.25) is 0 Å². The fourth-order valence-corrected chi connectivity index (χ4v) is 2.54. The van der Waals surface area contributed by atoms with Crippen LogP contribution in [0.4, 0.5) is 0 Å². The maximum atomic E-state index is 6.05. The second kappa shape index (κ2) is 4.27. The molecule has 0 atom stereocenters. The third-order valence-corrected chi connectivity index (χ3v) is 3.37. The van der Waals surface area contributed by atoms with Gasteiger partial charge in [0.2, 0.25) is 0 Å². The topological polar surface area (TPSA) is 9.23 Å². The fourth-order valence-electron chi connectivity index (χ4n) is 2.54. The second-order valence-electron chi connectivity index (χ2n) is 5.63. The van der Waals surface area contributed by atoms with Gasteiger partial charge in [0.1, 0.15) is 11.4 Å². The van der Waals surface area contributed by atoms with E-state index in [0.29, 0.717) is 0 Å². The summed E-state index contributed by atoms with van der Waals surface area (Å²) < 4.78 is 6.05. The van der Waals surface area contributed by atoms with Crippen molar-refractivity contribution in [2.75, 3.05) is 0 Å². The fraction of sp³-hybridized carbons (Fsp3) is 0.222. The Morgan fingerprint density at radius 2 is 1.68 bits per heavy atom. The van der Waals surface area contributed by atoms with Gasteiger partial charge in [-0.05, 0) is 50.1 Å². The molecule has 0 radical (unpaired) electrons. The van der Waals surface area contributed by atoms with Crippen LogP contribution in [-0.4, -0.2) is 5.60 Å². The van der Waals surface area contributed by atoms with Crippen molar-refractivity contribution in [1.82, 2.24) is 0 Å². The first-order chi connectivity index (χ1) is 9.05. The van der Waals surface area contributed by atoms with Gasteiger partial charge in [0.25, 0.3) is 0 Å². The summed E-state index contributed by atoms with van der Waals surface area (Å²) >= 11 is 0. The number of aryl methyl sites for hydroxylation is 1. The van der Waals surface area contributed by atoms with Gasteiger partial charge >= 0.3 is 0 Å². The van der Waals surface area contributed by atoms with Crippen molar-refractivity contribution in [2.24, 2.45) is 0 Å². The highest BCUT2D eigenvalue weighted by atomic mass is 16.5. The maximum absolute atomic E-state index is 6.05. The first kappa shape index (κ1) is 12.0. The summed E-state index contributed by atoms with van der Waals surface area (Å²) in [4.78, 5) is 0. The molecular weight excluding hydrogens is 232 g/mol. The lowest BCUT2D eigenvalue weighted by Gasteiger charge is -2.31. The third-order valence-electron chi connectivity index (χ3n) is 3.37. The first-order valence-corrected chi connectivity index (χ1v) is 6.63. The lowest BCUT2D eigenvalue weighted by atomic mass is 9.89. The Labute approximate surface area is 114 Å². The van der Waals surface area contributed by atoms with Crippen molar-refractivity contribution in [1.29, 1.82) is 0 Å². The molecule has 0 aromatic heterocycles. The van der Waals surface area contributed by atoms with Gasteiger partial charge in [0.05, 0.1) is 0 Å². The van der Waals surface area contributed by atoms with Gasteiger partial charge < -0.3 is 4.74 Å². The molecule has 0 saturated heterocycles. The van der Waals surface area contributed by atoms with E-state index in [1.165, 1.54) is 22.3 Å². The summed E-state index contributed by atoms with van der Waals surface area (Å²) in [7, 11) is 0. The molecule has 1 heterocycles. The zero-order chi connectivity index (χ0) is 13.5. The van der Waals surface area contributed by atoms with Crippen LogP contribution in [-0.2, 0) is 0 Å². The zero-order valence-electron chi connectivity index (χ0n) is 11.6. The molecule has 1 aliphatic rings. The molecule has 19 heavy (non-hydrogen) atoms. The number of hydrogen-bond acceptors (Lipinski definition) is 1. The van der Waals surface area contributed by atoms with Crippen LogP contribution in [0.5, 0.6) is 5.75 Å². The third kappa shape index (κ3) is 2.28. The normalized spacial score (nSPS) is 16.3. The van der Waals surface area contributed by atoms with E-state index < -0.39 is 0 Å². The minimum Gasteiger partial charge on any atom is -0.483 e. The summed E-state index contributed by atoms with van der Waals surface area (Å²) in [5.41, 5.74) is 4.67. The molecule has 0 N–H and O–H groups in total. The van der Waals surface area contributed by atoms with E-state index in [2.05, 4.69) is 69.3 Å². The molecular formula is C18H18O. The van der Waals surface area contributed by atoms with E-state index in [1.54, 1.807) is 0 Å². The van der Waals surface area contributed by atoms with Crippen LogP contribution in [0.3, 0.4) is 0 Å². The maximum Gasteiger partial charge on any atom is 0.128 e. The quantitative estimate of drug-likeness (QED) is 0.719. The Hall–Kier alpha value is -2.02. The first-order valence-electron chi connectivity index (χ1n) is 6.63. The molecule has 2 aromatic rings. The Morgan fingerprint density at radius 1 is 0.947 bits per heavy atom. The Morgan fingerprint density at radius 3 is 2.42 bits per heavy atom. The van der Waals surface area contributed by atoms with Crippen molar-refractivity contribution >= 4 is 5.57 Å². The van der Waals surface area contributed by atoms with Gasteiger partial charge in [-0.25, -0.2) is 0 Å². The number of benzene rings is 2. The molecule has 1 aliphatic heterocycles. The average molecular weight is 250 g/mol. The van der Waals surface area contributed by atoms with E-state index in [4.69, 9.17) is 4.74 Å². The number of rotatable bonds is 1. The monoisotopic (exact) mass is 250 g/mol. The number of ether oxygens (including phenoxy) is 1. The number of fused-ring (bicyclic) bond motifs is 1. The molecule has 3 rings (SSSR count). The lowest BCUT2D eigenvalue weighted by Crippen LogP contribution is -2.29. The van der Waals surface area contributed by atoms with Gasteiger partial charge in [0.15, 0.2) is 0 Å². The van der Waals surface area contributed by atoms with E-state index in [-0.39, 0.29) is 5.60 Å². The standard InChI is InChI=1S/C18H18O/c1-13-9-10-17-15(11-13)16(12-18(2,3)19-17)14-7-5-4-6-8-14/h4-12H,1-3H3. The summed E-state index contributed by atoms with van der Waals surface area (Å²) in [5, 5.41) is 0. The van der Waals surface area contributed by atoms with Crippen molar-refractivity contribution in [3.63, 3.8) is 0 Å². The van der Waals surface area contributed by atoms with Crippen LogP contribution < -0.4 is 4.74 Å². The molecule has 0 unspecified atom stereocenters. The van der Waals surface area contributed by atoms with Gasteiger partial charge in [-0.2, -0.15) is 0 Å². The molecule has 0 spiro atoms. The molecule has 2 aromatic carbocycles. The average Bonchev–Trinajstić information content (AvgIpc) is 2.39. The van der Waals surface area contributed by atoms with Crippen LogP contribution in [0.15, 0.2) is 54.6 Å². The van der Waals surface area contributed by atoms with Crippen LogP contribution in [0.2, 0.25) is 0 Å². The lowest BCUT2D eigenvalue weighted by molar-refractivity contribution is 0.158. The zero-order valence-corrected chi connectivity index (χ0v) is 11.6. The van der Waals surface area contributed by atoms with E-state index >= 15 is 0 Å². The highest BCUT2D eigenvalue weighted by Crippen LogP contribution is 2.39. The van der Waals surface area contributed by atoms with Crippen LogP contribution in [0, 0.1) is 6.92 Å². The summed E-state index contributed by atoms with van der Waals surface area (Å²) in [6, 6.07) is 16.9. The van der Waals surface area contributed by atoms with Crippen LogP contribution >= 0.6 is 0 Å². The summed E-state index contributed by atoms with van der Waals surface area (Å²) in [5.74, 6) is 0.969. The minimum absolute atomic E-state index is 0.270. The van der Waals surface area contributed by atoms with Crippen molar-refractivity contribution in [3.05, 3.63) is 71.3 Å². The Kier molecular flexibility index (Phi) is 2.70. The van der Waals surface area contributed by atoms with Gasteiger partial charge in [-0.1, -0.05) is 42.0 Å². The molecule has 96 valence electrons. The van der Waals surface area contributed by atoms with E-state index in [1.807, 2.05) is 6.07 Å². The largest absolute Gasteiger partial charge is 0.483 e. The Balaban J connectivity index is 2.21. The summed E-state index contributed by atoms with van der Waals surface area (Å²) in [6.45, 7) is 6.31. The Bertz CT molecular complexity index is 636. The molecule has 0 amide bonds. The van der Waals surface area contributed by atoms with Crippen molar-refractivity contribution in [3.8, 4) is 5.75 Å².